The van der Waals surface area contributed by atoms with Crippen LogP contribution in [0.5, 0.6) is 0 Å². The molecule has 24 heavy (non-hydrogen) atoms. The molecule has 0 fully saturated rings. The van der Waals surface area contributed by atoms with Crippen LogP contribution < -0.4 is 9.41 Å². The first-order chi connectivity index (χ1) is 10.7. The van der Waals surface area contributed by atoms with E-state index in [9.17, 15) is 0 Å². The summed E-state index contributed by atoms with van der Waals surface area (Å²) in [6.45, 7) is 4.06. The Labute approximate surface area is 151 Å². The molecular formula is C21H20CrF2-4. The molecule has 0 radical (unpaired) electrons. The fourth-order valence-electron chi connectivity index (χ4n) is 2.32. The normalized spacial score (nSPS) is 9.42. The molecule has 0 spiro atoms. The molecule has 1 aliphatic rings. The van der Waals surface area contributed by atoms with Crippen molar-refractivity contribution >= 4 is 4.38 Å². The second kappa shape index (κ2) is 11.6. The van der Waals surface area contributed by atoms with Crippen LogP contribution in [0.25, 0.3) is 11.1 Å². The third kappa shape index (κ3) is 6.66. The SMILES string of the molecule is C[C](C)=[Cr].[F-].[F-].[c-]1cccc2c1Cc1ccccc1-2.c1cc[cH-]c1. The molecule has 3 heteroatoms. The summed E-state index contributed by atoms with van der Waals surface area (Å²) in [6.07, 6.45) is 1.05. The summed E-state index contributed by atoms with van der Waals surface area (Å²) < 4.78 is 1.29. The smallest absolute Gasteiger partial charge is 0.0253 e. The first kappa shape index (κ1) is 22.1. The van der Waals surface area contributed by atoms with Crippen LogP contribution in [-0.2, 0) is 22.3 Å². The number of hydrogen-bond acceptors (Lipinski definition) is 0. The predicted octanol–water partition coefficient (Wildman–Crippen LogP) is -0.783. The molecule has 3 aromatic carbocycles. The van der Waals surface area contributed by atoms with Crippen LogP contribution in [0.2, 0.25) is 0 Å². The molecule has 0 amide bonds. The Kier molecular flexibility index (Phi) is 10.6. The van der Waals surface area contributed by atoms with Gasteiger partial charge in [0, 0.05) is 0 Å². The van der Waals surface area contributed by atoms with E-state index in [0.29, 0.717) is 0 Å². The van der Waals surface area contributed by atoms with Crippen molar-refractivity contribution in [2.45, 2.75) is 20.3 Å². The van der Waals surface area contributed by atoms with Crippen LogP contribution in [0.15, 0.2) is 72.8 Å². The molecule has 0 unspecified atom stereocenters. The van der Waals surface area contributed by atoms with Gasteiger partial charge in [-0.05, 0) is 6.42 Å². The summed E-state index contributed by atoms with van der Waals surface area (Å²) >= 11 is 2.82. The summed E-state index contributed by atoms with van der Waals surface area (Å²) in [4.78, 5) is 0. The van der Waals surface area contributed by atoms with Crippen molar-refractivity contribution in [3.05, 3.63) is 90.0 Å². The standard InChI is InChI=1S/C13H9.C5H5.C3H6.Cr.2FH/c1-3-7-12-10(5-1)9-11-6-2-4-8-13(11)12;1-2-4-5-3-1;1-3-2;;;/h1-5,7-8H,9H2;1-5H;1-2H3;;2*1H/q2*-1;;;;/p-2. The van der Waals surface area contributed by atoms with E-state index in [0.717, 1.165) is 6.42 Å². The average Bonchev–Trinajstić information content (AvgIpc) is 3.18. The van der Waals surface area contributed by atoms with Gasteiger partial charge in [0.05, 0.1) is 0 Å². The van der Waals surface area contributed by atoms with E-state index < -0.39 is 0 Å². The quantitative estimate of drug-likeness (QED) is 0.360. The van der Waals surface area contributed by atoms with Gasteiger partial charge in [0.15, 0.2) is 0 Å². The van der Waals surface area contributed by atoms with Crippen LogP contribution in [-0.4, -0.2) is 4.38 Å². The molecular weight excluding hydrogens is 342 g/mol. The van der Waals surface area contributed by atoms with E-state index >= 15 is 0 Å². The Morgan fingerprint density at radius 1 is 0.917 bits per heavy atom. The first-order valence-corrected chi connectivity index (χ1v) is 8.04. The minimum absolute atomic E-state index is 0. The van der Waals surface area contributed by atoms with Crippen molar-refractivity contribution in [1.29, 1.82) is 0 Å². The van der Waals surface area contributed by atoms with Crippen LogP contribution in [0.3, 0.4) is 0 Å². The Bertz CT molecular complexity index is 653. The van der Waals surface area contributed by atoms with Gasteiger partial charge in [0.2, 0.25) is 0 Å². The minimum atomic E-state index is 0. The zero-order chi connectivity index (χ0) is 15.8. The van der Waals surface area contributed by atoms with Crippen LogP contribution in [0.4, 0.5) is 0 Å². The predicted molar refractivity (Wildman–Crippen MR) is 91.9 cm³/mol. The summed E-state index contributed by atoms with van der Waals surface area (Å²) in [6, 6.07) is 28.1. The van der Waals surface area contributed by atoms with Gasteiger partial charge >= 0.3 is 34.1 Å². The number of benzene rings is 2. The molecule has 0 bridgehead atoms. The van der Waals surface area contributed by atoms with Crippen molar-refractivity contribution in [1.82, 2.24) is 0 Å². The topological polar surface area (TPSA) is 0 Å². The molecule has 0 heterocycles. The zero-order valence-electron chi connectivity index (χ0n) is 13.8. The molecule has 1 aliphatic carbocycles. The maximum atomic E-state index is 3.30. The van der Waals surface area contributed by atoms with Crippen LogP contribution in [0, 0.1) is 6.07 Å². The van der Waals surface area contributed by atoms with E-state index in [2.05, 4.69) is 58.3 Å². The van der Waals surface area contributed by atoms with E-state index in [-0.39, 0.29) is 9.41 Å². The van der Waals surface area contributed by atoms with Gasteiger partial charge in [-0.3, -0.25) is 0 Å². The molecule has 4 rings (SSSR count). The first-order valence-electron chi connectivity index (χ1n) is 7.40. The van der Waals surface area contributed by atoms with Gasteiger partial charge in [0.1, 0.15) is 0 Å². The average molecular weight is 362 g/mol. The second-order valence-electron chi connectivity index (χ2n) is 5.27. The molecule has 0 N–H and O–H groups in total. The molecule has 0 nitrogen and oxygen atoms in total. The summed E-state index contributed by atoms with van der Waals surface area (Å²) in [5.41, 5.74) is 5.51. The number of rotatable bonds is 0. The van der Waals surface area contributed by atoms with E-state index in [1.165, 1.54) is 26.6 Å². The summed E-state index contributed by atoms with van der Waals surface area (Å²) in [7, 11) is 0. The summed E-state index contributed by atoms with van der Waals surface area (Å²) in [5.74, 6) is 0. The van der Waals surface area contributed by atoms with Crippen molar-refractivity contribution in [2.24, 2.45) is 0 Å². The Morgan fingerprint density at radius 3 is 2.08 bits per heavy atom. The third-order valence-corrected chi connectivity index (χ3v) is 3.17. The molecule has 128 valence electrons. The van der Waals surface area contributed by atoms with Gasteiger partial charge < -0.3 is 9.41 Å². The Balaban J connectivity index is 0.000000409. The molecule has 0 saturated carbocycles. The second-order valence-corrected chi connectivity index (χ2v) is 6.54. The van der Waals surface area contributed by atoms with Gasteiger partial charge in [-0.2, -0.15) is 48.0 Å². The van der Waals surface area contributed by atoms with Crippen molar-refractivity contribution in [3.8, 4) is 11.1 Å². The van der Waals surface area contributed by atoms with E-state index in [4.69, 9.17) is 0 Å². The fraction of sp³-hybridized carbons (Fsp3) is 0.143. The van der Waals surface area contributed by atoms with Gasteiger partial charge in [-0.25, -0.2) is 12.1 Å². The largest absolute Gasteiger partial charge is 1.00 e. The number of hydrogen-bond donors (Lipinski definition) is 0. The maximum Gasteiger partial charge on any atom is -0.0253 e. The van der Waals surface area contributed by atoms with E-state index in [1.54, 1.807) is 0 Å². The Hall–Kier alpha value is -1.95. The minimum Gasteiger partial charge on any atom is -1.00 e. The van der Waals surface area contributed by atoms with Gasteiger partial charge in [-0.1, -0.05) is 35.4 Å². The molecule has 0 aliphatic heterocycles. The third-order valence-electron chi connectivity index (χ3n) is 3.17. The number of fused-ring (bicyclic) bond motifs is 3. The molecule has 0 aromatic heterocycles. The molecule has 0 saturated heterocycles. The van der Waals surface area contributed by atoms with Crippen molar-refractivity contribution in [2.75, 3.05) is 0 Å². The van der Waals surface area contributed by atoms with Crippen LogP contribution in [0.1, 0.15) is 25.0 Å². The number of halogens is 2. The molecule has 3 aromatic rings. The van der Waals surface area contributed by atoms with E-state index in [1.807, 2.05) is 50.2 Å². The maximum absolute atomic E-state index is 3.30. The van der Waals surface area contributed by atoms with Crippen molar-refractivity contribution < 1.29 is 25.3 Å². The molecule has 0 atom stereocenters. The van der Waals surface area contributed by atoms with Crippen LogP contribution >= 0.6 is 0 Å². The van der Waals surface area contributed by atoms with Gasteiger partial charge in [-0.15, -0.1) is 5.56 Å². The van der Waals surface area contributed by atoms with Gasteiger partial charge in [0.25, 0.3) is 0 Å². The zero-order valence-corrected chi connectivity index (χ0v) is 15.1. The van der Waals surface area contributed by atoms with Crippen molar-refractivity contribution in [3.63, 3.8) is 0 Å². The summed E-state index contributed by atoms with van der Waals surface area (Å²) in [5, 5.41) is 0. The fourth-order valence-corrected chi connectivity index (χ4v) is 2.32. The Morgan fingerprint density at radius 2 is 1.50 bits per heavy atom. The monoisotopic (exact) mass is 362 g/mol.